The Bertz CT molecular complexity index is 596. The Kier molecular flexibility index (Phi) is 6.36. The summed E-state index contributed by atoms with van der Waals surface area (Å²) in [5, 5.41) is 5.74. The SMILES string of the molecule is CCCOc1ccc(NC(=O)Cc2csc(CCN)n2)cc1. The van der Waals surface area contributed by atoms with Gasteiger partial charge in [-0.3, -0.25) is 4.79 Å². The first kappa shape index (κ1) is 16.5. The molecule has 2 aromatic rings. The van der Waals surface area contributed by atoms with Crippen molar-refractivity contribution in [3.63, 3.8) is 0 Å². The summed E-state index contributed by atoms with van der Waals surface area (Å²) in [5.74, 6) is 0.734. The van der Waals surface area contributed by atoms with E-state index in [2.05, 4.69) is 17.2 Å². The van der Waals surface area contributed by atoms with Crippen molar-refractivity contribution in [1.29, 1.82) is 0 Å². The van der Waals surface area contributed by atoms with Gasteiger partial charge in [0.25, 0.3) is 0 Å². The number of rotatable bonds is 8. The molecule has 0 bridgehead atoms. The number of carbonyl (C=O) groups excluding carboxylic acids is 1. The van der Waals surface area contributed by atoms with E-state index in [1.165, 1.54) is 0 Å². The highest BCUT2D eigenvalue weighted by Gasteiger charge is 2.08. The maximum Gasteiger partial charge on any atom is 0.230 e. The third-order valence-corrected chi connectivity index (χ3v) is 3.87. The van der Waals surface area contributed by atoms with Crippen LogP contribution in [0.15, 0.2) is 29.6 Å². The number of hydrogen-bond acceptors (Lipinski definition) is 5. The van der Waals surface area contributed by atoms with Crippen LogP contribution in [0.4, 0.5) is 5.69 Å². The molecule has 1 aromatic carbocycles. The largest absolute Gasteiger partial charge is 0.494 e. The number of thiazole rings is 1. The molecule has 1 amide bonds. The van der Waals surface area contributed by atoms with Gasteiger partial charge in [0, 0.05) is 17.5 Å². The molecule has 0 aliphatic heterocycles. The fraction of sp³-hybridized carbons (Fsp3) is 0.375. The van der Waals surface area contributed by atoms with Gasteiger partial charge in [0.05, 0.1) is 23.7 Å². The molecule has 0 spiro atoms. The molecule has 6 heteroatoms. The fourth-order valence-corrected chi connectivity index (χ4v) is 2.71. The molecule has 0 radical (unpaired) electrons. The first-order valence-electron chi connectivity index (χ1n) is 7.37. The number of nitrogens with one attached hydrogen (secondary N) is 1. The Morgan fingerprint density at radius 3 is 2.82 bits per heavy atom. The summed E-state index contributed by atoms with van der Waals surface area (Å²) in [5.41, 5.74) is 7.03. The van der Waals surface area contributed by atoms with E-state index in [0.717, 1.165) is 35.0 Å². The number of ether oxygens (including phenoxy) is 1. The van der Waals surface area contributed by atoms with E-state index >= 15 is 0 Å². The lowest BCUT2D eigenvalue weighted by Crippen LogP contribution is -2.14. The molecule has 0 fully saturated rings. The van der Waals surface area contributed by atoms with E-state index in [-0.39, 0.29) is 12.3 Å². The Balaban J connectivity index is 1.85. The van der Waals surface area contributed by atoms with Crippen molar-refractivity contribution in [2.75, 3.05) is 18.5 Å². The first-order chi connectivity index (χ1) is 10.7. The highest BCUT2D eigenvalue weighted by molar-refractivity contribution is 7.09. The summed E-state index contributed by atoms with van der Waals surface area (Å²) in [4.78, 5) is 16.4. The van der Waals surface area contributed by atoms with E-state index in [9.17, 15) is 4.79 Å². The summed E-state index contributed by atoms with van der Waals surface area (Å²) in [7, 11) is 0. The standard InChI is InChI=1S/C16H21N3O2S/c1-2-9-21-14-5-3-12(4-6-14)18-15(20)10-13-11-22-16(19-13)7-8-17/h3-6,11H,2,7-10,17H2,1H3,(H,18,20). The molecule has 0 aliphatic rings. The van der Waals surface area contributed by atoms with Crippen LogP contribution in [-0.4, -0.2) is 24.0 Å². The van der Waals surface area contributed by atoms with E-state index in [0.29, 0.717) is 13.2 Å². The van der Waals surface area contributed by atoms with Gasteiger partial charge in [-0.1, -0.05) is 6.92 Å². The minimum atomic E-state index is -0.0770. The molecular weight excluding hydrogens is 298 g/mol. The molecule has 0 saturated carbocycles. The van der Waals surface area contributed by atoms with Crippen molar-refractivity contribution in [2.24, 2.45) is 5.73 Å². The normalized spacial score (nSPS) is 10.5. The van der Waals surface area contributed by atoms with Gasteiger partial charge in [0.2, 0.25) is 5.91 Å². The average Bonchev–Trinajstić information content (AvgIpc) is 2.94. The molecule has 3 N–H and O–H groups in total. The maximum atomic E-state index is 12.0. The Hall–Kier alpha value is -1.92. The Morgan fingerprint density at radius 2 is 2.14 bits per heavy atom. The van der Waals surface area contributed by atoms with Crippen LogP contribution < -0.4 is 15.8 Å². The predicted octanol–water partition coefficient (Wildman–Crippen LogP) is 2.61. The monoisotopic (exact) mass is 319 g/mol. The summed E-state index contributed by atoms with van der Waals surface area (Å²) >= 11 is 1.54. The van der Waals surface area contributed by atoms with Crippen molar-refractivity contribution >= 4 is 22.9 Å². The molecule has 22 heavy (non-hydrogen) atoms. The highest BCUT2D eigenvalue weighted by atomic mass is 32.1. The number of nitrogens with zero attached hydrogens (tertiary/aromatic N) is 1. The second-order valence-corrected chi connectivity index (χ2v) is 5.81. The number of carbonyl (C=O) groups is 1. The van der Waals surface area contributed by atoms with Crippen LogP contribution in [0.2, 0.25) is 0 Å². The molecule has 2 rings (SSSR count). The van der Waals surface area contributed by atoms with Crippen molar-refractivity contribution in [3.8, 4) is 5.75 Å². The van der Waals surface area contributed by atoms with Crippen molar-refractivity contribution in [1.82, 2.24) is 4.98 Å². The fourth-order valence-electron chi connectivity index (χ4n) is 1.89. The quantitative estimate of drug-likeness (QED) is 0.784. The zero-order valence-corrected chi connectivity index (χ0v) is 13.5. The number of benzene rings is 1. The van der Waals surface area contributed by atoms with Gasteiger partial charge in [-0.25, -0.2) is 4.98 Å². The summed E-state index contributed by atoms with van der Waals surface area (Å²) < 4.78 is 5.50. The number of hydrogen-bond donors (Lipinski definition) is 2. The minimum Gasteiger partial charge on any atom is -0.494 e. The Labute approximate surface area is 134 Å². The topological polar surface area (TPSA) is 77.2 Å². The lowest BCUT2D eigenvalue weighted by atomic mass is 10.2. The van der Waals surface area contributed by atoms with Crippen LogP contribution in [-0.2, 0) is 17.6 Å². The van der Waals surface area contributed by atoms with Crippen LogP contribution in [0.1, 0.15) is 24.0 Å². The first-order valence-corrected chi connectivity index (χ1v) is 8.25. The van der Waals surface area contributed by atoms with Crippen LogP contribution in [0.25, 0.3) is 0 Å². The number of nitrogens with two attached hydrogens (primary N) is 1. The van der Waals surface area contributed by atoms with Crippen molar-refractivity contribution in [2.45, 2.75) is 26.2 Å². The third kappa shape index (κ3) is 5.13. The van der Waals surface area contributed by atoms with Gasteiger partial charge in [0.1, 0.15) is 5.75 Å². The van der Waals surface area contributed by atoms with E-state index < -0.39 is 0 Å². The van der Waals surface area contributed by atoms with E-state index in [4.69, 9.17) is 10.5 Å². The third-order valence-electron chi connectivity index (χ3n) is 2.91. The lowest BCUT2D eigenvalue weighted by Gasteiger charge is -2.07. The molecule has 1 aromatic heterocycles. The lowest BCUT2D eigenvalue weighted by molar-refractivity contribution is -0.115. The van der Waals surface area contributed by atoms with Gasteiger partial charge >= 0.3 is 0 Å². The Morgan fingerprint density at radius 1 is 1.36 bits per heavy atom. The zero-order valence-electron chi connectivity index (χ0n) is 12.7. The second-order valence-electron chi connectivity index (χ2n) is 4.87. The summed E-state index contributed by atoms with van der Waals surface area (Å²) in [6.45, 7) is 3.33. The molecular formula is C16H21N3O2S. The van der Waals surface area contributed by atoms with Crippen LogP contribution in [0, 0.1) is 0 Å². The predicted molar refractivity (Wildman–Crippen MR) is 89.4 cm³/mol. The van der Waals surface area contributed by atoms with Crippen LogP contribution in [0.5, 0.6) is 5.75 Å². The molecule has 5 nitrogen and oxygen atoms in total. The van der Waals surface area contributed by atoms with Gasteiger partial charge in [0.15, 0.2) is 0 Å². The highest BCUT2D eigenvalue weighted by Crippen LogP contribution is 2.16. The molecule has 0 atom stereocenters. The van der Waals surface area contributed by atoms with E-state index in [1.54, 1.807) is 11.3 Å². The van der Waals surface area contributed by atoms with Crippen molar-refractivity contribution in [3.05, 3.63) is 40.3 Å². The van der Waals surface area contributed by atoms with Gasteiger partial charge in [-0.2, -0.15) is 0 Å². The van der Waals surface area contributed by atoms with Gasteiger partial charge in [-0.15, -0.1) is 11.3 Å². The van der Waals surface area contributed by atoms with E-state index in [1.807, 2.05) is 29.6 Å². The molecule has 0 aliphatic carbocycles. The number of aromatic nitrogens is 1. The summed E-state index contributed by atoms with van der Waals surface area (Å²) in [6, 6.07) is 7.38. The molecule has 118 valence electrons. The minimum absolute atomic E-state index is 0.0770. The number of anilines is 1. The molecule has 0 unspecified atom stereocenters. The van der Waals surface area contributed by atoms with Crippen molar-refractivity contribution < 1.29 is 9.53 Å². The molecule has 1 heterocycles. The summed E-state index contributed by atoms with van der Waals surface area (Å²) in [6.07, 6.45) is 2.00. The average molecular weight is 319 g/mol. The van der Waals surface area contributed by atoms with Crippen LogP contribution >= 0.6 is 11.3 Å². The van der Waals surface area contributed by atoms with Gasteiger partial charge in [-0.05, 0) is 37.2 Å². The maximum absolute atomic E-state index is 12.0. The molecule has 0 saturated heterocycles. The zero-order chi connectivity index (χ0) is 15.8. The van der Waals surface area contributed by atoms with Gasteiger partial charge < -0.3 is 15.8 Å². The number of amides is 1. The van der Waals surface area contributed by atoms with Crippen LogP contribution in [0.3, 0.4) is 0 Å². The second kappa shape index (κ2) is 8.51. The smallest absolute Gasteiger partial charge is 0.230 e.